The first-order valence-electron chi connectivity index (χ1n) is 5.70. The molecule has 0 amide bonds. The van der Waals surface area contributed by atoms with Crippen LogP contribution in [0.1, 0.15) is 36.7 Å². The van der Waals surface area contributed by atoms with Crippen molar-refractivity contribution in [3.05, 3.63) is 17.0 Å². The van der Waals surface area contributed by atoms with Crippen molar-refractivity contribution in [1.82, 2.24) is 10.2 Å². The Morgan fingerprint density at radius 3 is 2.69 bits per heavy atom. The maximum atomic E-state index is 11.6. The van der Waals surface area contributed by atoms with E-state index in [1.807, 2.05) is 20.8 Å². The largest absolute Gasteiger partial charge is 0.465 e. The highest BCUT2D eigenvalue weighted by molar-refractivity contribution is 5.79. The molecule has 1 aromatic rings. The second-order valence-electron chi connectivity index (χ2n) is 4.86. The SMILES string of the molecule is Cc1n[nH]c(C)c1CCOC(=O)C1(C)CC1. The van der Waals surface area contributed by atoms with Gasteiger partial charge in [-0.25, -0.2) is 0 Å². The minimum absolute atomic E-state index is 0.0497. The molecule has 0 bridgehead atoms. The molecule has 0 spiro atoms. The van der Waals surface area contributed by atoms with Crippen LogP contribution in [0.4, 0.5) is 0 Å². The molecule has 0 aromatic carbocycles. The van der Waals surface area contributed by atoms with Gasteiger partial charge in [0.1, 0.15) is 0 Å². The van der Waals surface area contributed by atoms with Crippen molar-refractivity contribution in [3.8, 4) is 0 Å². The van der Waals surface area contributed by atoms with E-state index in [4.69, 9.17) is 4.74 Å². The van der Waals surface area contributed by atoms with Crippen molar-refractivity contribution in [2.75, 3.05) is 6.61 Å². The normalized spacial score (nSPS) is 17.2. The van der Waals surface area contributed by atoms with Gasteiger partial charge in [-0.05, 0) is 39.2 Å². The van der Waals surface area contributed by atoms with E-state index in [0.717, 1.165) is 36.2 Å². The van der Waals surface area contributed by atoms with Crippen LogP contribution < -0.4 is 0 Å². The highest BCUT2D eigenvalue weighted by Gasteiger charge is 2.46. The topological polar surface area (TPSA) is 55.0 Å². The first-order chi connectivity index (χ1) is 7.53. The molecule has 1 heterocycles. The summed E-state index contributed by atoms with van der Waals surface area (Å²) in [6, 6.07) is 0. The Bertz CT molecular complexity index is 386. The first-order valence-corrected chi connectivity index (χ1v) is 5.70. The van der Waals surface area contributed by atoms with Crippen molar-refractivity contribution >= 4 is 5.97 Å². The Balaban J connectivity index is 1.82. The van der Waals surface area contributed by atoms with Gasteiger partial charge in [-0.1, -0.05) is 0 Å². The standard InChI is InChI=1S/C12H18N2O2/c1-8-10(9(2)14-13-8)4-7-16-11(15)12(3)5-6-12/h4-7H2,1-3H3,(H,13,14). The smallest absolute Gasteiger partial charge is 0.311 e. The van der Waals surface area contributed by atoms with E-state index in [-0.39, 0.29) is 11.4 Å². The Morgan fingerprint density at radius 1 is 1.50 bits per heavy atom. The van der Waals surface area contributed by atoms with E-state index in [9.17, 15) is 4.79 Å². The number of H-pyrrole nitrogens is 1. The summed E-state index contributed by atoms with van der Waals surface area (Å²) in [5.74, 6) is -0.0497. The number of carbonyl (C=O) groups excluding carboxylic acids is 1. The lowest BCUT2D eigenvalue weighted by molar-refractivity contribution is -0.149. The molecule has 16 heavy (non-hydrogen) atoms. The van der Waals surface area contributed by atoms with Gasteiger partial charge in [0.15, 0.2) is 0 Å². The molecule has 1 fully saturated rings. The number of aryl methyl sites for hydroxylation is 2. The van der Waals surface area contributed by atoms with E-state index in [2.05, 4.69) is 10.2 Å². The van der Waals surface area contributed by atoms with Gasteiger partial charge in [0.05, 0.1) is 17.7 Å². The van der Waals surface area contributed by atoms with Gasteiger partial charge in [0, 0.05) is 12.1 Å². The summed E-state index contributed by atoms with van der Waals surface area (Å²) in [7, 11) is 0. The zero-order valence-electron chi connectivity index (χ0n) is 10.1. The van der Waals surface area contributed by atoms with E-state index >= 15 is 0 Å². The molecule has 0 saturated heterocycles. The summed E-state index contributed by atoms with van der Waals surface area (Å²) >= 11 is 0. The van der Waals surface area contributed by atoms with Gasteiger partial charge < -0.3 is 4.74 Å². The van der Waals surface area contributed by atoms with Crippen LogP contribution in [0, 0.1) is 19.3 Å². The molecule has 1 N–H and O–H groups in total. The lowest BCUT2D eigenvalue weighted by atomic mass is 10.1. The molecule has 4 nitrogen and oxygen atoms in total. The molecule has 0 aliphatic heterocycles. The summed E-state index contributed by atoms with van der Waals surface area (Å²) in [6.45, 7) is 6.36. The molecular weight excluding hydrogens is 204 g/mol. The second kappa shape index (κ2) is 3.92. The van der Waals surface area contributed by atoms with Crippen LogP contribution >= 0.6 is 0 Å². The zero-order valence-corrected chi connectivity index (χ0v) is 10.1. The van der Waals surface area contributed by atoms with E-state index in [0.29, 0.717) is 6.61 Å². The van der Waals surface area contributed by atoms with Gasteiger partial charge in [-0.15, -0.1) is 0 Å². The number of nitrogens with zero attached hydrogens (tertiary/aromatic N) is 1. The number of esters is 1. The molecule has 88 valence electrons. The molecule has 1 aliphatic rings. The Hall–Kier alpha value is -1.32. The lowest BCUT2D eigenvalue weighted by Gasteiger charge is -2.09. The predicted molar refractivity (Wildman–Crippen MR) is 60.1 cm³/mol. The lowest BCUT2D eigenvalue weighted by Crippen LogP contribution is -2.17. The number of aromatic amines is 1. The molecule has 4 heteroatoms. The number of carbonyl (C=O) groups is 1. The van der Waals surface area contributed by atoms with E-state index < -0.39 is 0 Å². The van der Waals surface area contributed by atoms with Gasteiger partial charge in [-0.3, -0.25) is 9.89 Å². The van der Waals surface area contributed by atoms with E-state index in [1.54, 1.807) is 0 Å². The number of rotatable bonds is 4. The molecule has 2 rings (SSSR count). The van der Waals surface area contributed by atoms with Gasteiger partial charge >= 0.3 is 5.97 Å². The third-order valence-electron chi connectivity index (χ3n) is 3.36. The number of ether oxygens (including phenoxy) is 1. The van der Waals surface area contributed by atoms with Crippen molar-refractivity contribution in [1.29, 1.82) is 0 Å². The number of aromatic nitrogens is 2. The van der Waals surface area contributed by atoms with Crippen LogP contribution in [-0.2, 0) is 16.0 Å². The van der Waals surface area contributed by atoms with Gasteiger partial charge in [0.25, 0.3) is 0 Å². The minimum atomic E-state index is -0.180. The molecule has 1 aromatic heterocycles. The van der Waals surface area contributed by atoms with Crippen LogP contribution in [-0.4, -0.2) is 22.8 Å². The third-order valence-corrected chi connectivity index (χ3v) is 3.36. The van der Waals surface area contributed by atoms with Crippen LogP contribution in [0.5, 0.6) is 0 Å². The maximum absolute atomic E-state index is 11.6. The maximum Gasteiger partial charge on any atom is 0.311 e. The number of nitrogens with one attached hydrogen (secondary N) is 1. The van der Waals surface area contributed by atoms with Crippen molar-refractivity contribution in [3.63, 3.8) is 0 Å². The predicted octanol–water partition coefficient (Wildman–Crippen LogP) is 1.91. The summed E-state index contributed by atoms with van der Waals surface area (Å²) < 4.78 is 5.27. The fourth-order valence-corrected chi connectivity index (χ4v) is 1.75. The molecule has 0 radical (unpaired) electrons. The molecule has 1 saturated carbocycles. The van der Waals surface area contributed by atoms with Crippen LogP contribution in [0.2, 0.25) is 0 Å². The molecule has 1 aliphatic carbocycles. The van der Waals surface area contributed by atoms with Crippen molar-refractivity contribution < 1.29 is 9.53 Å². The summed E-state index contributed by atoms with van der Waals surface area (Å²) in [5.41, 5.74) is 3.03. The molecule has 0 unspecified atom stereocenters. The average molecular weight is 222 g/mol. The van der Waals surface area contributed by atoms with Crippen LogP contribution in [0.25, 0.3) is 0 Å². The monoisotopic (exact) mass is 222 g/mol. The molecule has 0 atom stereocenters. The van der Waals surface area contributed by atoms with Crippen LogP contribution in [0.3, 0.4) is 0 Å². The Labute approximate surface area is 95.4 Å². The Morgan fingerprint density at radius 2 is 2.19 bits per heavy atom. The number of hydrogen-bond donors (Lipinski definition) is 1. The summed E-state index contributed by atoms with van der Waals surface area (Å²) in [5, 5.41) is 7.04. The quantitative estimate of drug-likeness (QED) is 0.792. The fraction of sp³-hybridized carbons (Fsp3) is 0.667. The van der Waals surface area contributed by atoms with Gasteiger partial charge in [-0.2, -0.15) is 5.10 Å². The average Bonchev–Trinajstić information content (AvgIpc) is 2.92. The highest BCUT2D eigenvalue weighted by Crippen LogP contribution is 2.45. The highest BCUT2D eigenvalue weighted by atomic mass is 16.5. The second-order valence-corrected chi connectivity index (χ2v) is 4.86. The Kier molecular flexibility index (Phi) is 2.74. The first kappa shape index (κ1) is 11.2. The van der Waals surface area contributed by atoms with Crippen molar-refractivity contribution in [2.45, 2.75) is 40.0 Å². The minimum Gasteiger partial charge on any atom is -0.465 e. The van der Waals surface area contributed by atoms with Gasteiger partial charge in [0.2, 0.25) is 0 Å². The third kappa shape index (κ3) is 2.10. The summed E-state index contributed by atoms with van der Waals surface area (Å²) in [4.78, 5) is 11.6. The zero-order chi connectivity index (χ0) is 11.8. The van der Waals surface area contributed by atoms with Crippen molar-refractivity contribution in [2.24, 2.45) is 5.41 Å². The van der Waals surface area contributed by atoms with E-state index in [1.165, 1.54) is 0 Å². The molecular formula is C12H18N2O2. The van der Waals surface area contributed by atoms with Crippen LogP contribution in [0.15, 0.2) is 0 Å². The summed E-state index contributed by atoms with van der Waals surface area (Å²) in [6.07, 6.45) is 2.68. The number of hydrogen-bond acceptors (Lipinski definition) is 3. The fourth-order valence-electron chi connectivity index (χ4n) is 1.75.